The molecule has 0 saturated carbocycles. The fourth-order valence-corrected chi connectivity index (χ4v) is 2.57. The van der Waals surface area contributed by atoms with E-state index in [-0.39, 0.29) is 5.48 Å². The molecule has 2 aromatic heterocycles. The van der Waals surface area contributed by atoms with Gasteiger partial charge in [0.25, 0.3) is 4.83 Å². The van der Waals surface area contributed by atoms with Gasteiger partial charge < -0.3 is 10.6 Å². The molecule has 0 amide bonds. The molecule has 0 bridgehead atoms. The highest BCUT2D eigenvalue weighted by molar-refractivity contribution is 7.16. The molecule has 0 saturated heterocycles. The topological polar surface area (TPSA) is 54.3 Å². The number of hydrogen-bond donors (Lipinski definition) is 1. The van der Waals surface area contributed by atoms with Gasteiger partial charge in [0.2, 0.25) is 0 Å². The minimum absolute atomic E-state index is 0. The monoisotopic (exact) mass is 219 g/mol. The standard InChI is InChI=1S/C11H7NOS.H2O/c13-10-7-14-11-9-4-2-1-3-8(9)5-6-12(10)11;/h1-7H;1H2. The highest BCUT2D eigenvalue weighted by Crippen LogP contribution is 2.22. The predicted molar refractivity (Wildman–Crippen MR) is 58.6 cm³/mol. The number of aromatic nitrogens is 1. The molecule has 0 atom stereocenters. The molecular formula is C11H9NO2S. The smallest absolute Gasteiger partial charge is 0.382 e. The van der Waals surface area contributed by atoms with Crippen molar-refractivity contribution in [1.82, 2.24) is 0 Å². The number of rotatable bonds is 0. The number of thiazole rings is 1. The Bertz CT molecular complexity index is 618. The molecule has 15 heavy (non-hydrogen) atoms. The van der Waals surface area contributed by atoms with E-state index in [0.717, 1.165) is 4.83 Å². The van der Waals surface area contributed by atoms with Gasteiger partial charge in [-0.3, -0.25) is 0 Å². The maximum absolute atomic E-state index is 9.54. The molecule has 0 aliphatic carbocycles. The van der Waals surface area contributed by atoms with Crippen LogP contribution < -0.4 is 4.40 Å². The van der Waals surface area contributed by atoms with Crippen LogP contribution in [0, 0.1) is 0 Å². The van der Waals surface area contributed by atoms with E-state index in [1.807, 2.05) is 24.4 Å². The van der Waals surface area contributed by atoms with Gasteiger partial charge in [0.1, 0.15) is 5.38 Å². The first-order chi connectivity index (χ1) is 6.86. The van der Waals surface area contributed by atoms with Crippen LogP contribution in [0.15, 0.2) is 41.9 Å². The summed E-state index contributed by atoms with van der Waals surface area (Å²) in [5.74, 6) is 0.302. The Morgan fingerprint density at radius 2 is 1.93 bits per heavy atom. The quantitative estimate of drug-likeness (QED) is 0.589. The van der Waals surface area contributed by atoms with Gasteiger partial charge >= 0.3 is 5.88 Å². The third-order valence-corrected chi connectivity index (χ3v) is 3.30. The largest absolute Gasteiger partial charge is 0.870 e. The van der Waals surface area contributed by atoms with Crippen molar-refractivity contribution in [3.05, 3.63) is 41.9 Å². The van der Waals surface area contributed by atoms with E-state index in [1.165, 1.54) is 10.8 Å². The highest BCUT2D eigenvalue weighted by atomic mass is 32.1. The summed E-state index contributed by atoms with van der Waals surface area (Å²) in [5.41, 5.74) is 0. The number of aromatic hydroxyl groups is 1. The Morgan fingerprint density at radius 1 is 1.13 bits per heavy atom. The Morgan fingerprint density at radius 3 is 2.80 bits per heavy atom. The SMILES string of the molecule is Oc1csc2c3ccccc3cc[n+]12.[OH-]. The van der Waals surface area contributed by atoms with Crippen LogP contribution in [0.4, 0.5) is 0 Å². The van der Waals surface area contributed by atoms with Crippen LogP contribution in [0.3, 0.4) is 0 Å². The summed E-state index contributed by atoms with van der Waals surface area (Å²) in [6.45, 7) is 0. The Kier molecular flexibility index (Phi) is 2.30. The van der Waals surface area contributed by atoms with Crippen LogP contribution >= 0.6 is 11.3 Å². The van der Waals surface area contributed by atoms with E-state index in [2.05, 4.69) is 12.1 Å². The minimum Gasteiger partial charge on any atom is -0.870 e. The molecule has 3 nitrogen and oxygen atoms in total. The lowest BCUT2D eigenvalue weighted by molar-refractivity contribution is -0.517. The molecule has 3 aromatic rings. The molecule has 76 valence electrons. The lowest BCUT2D eigenvalue weighted by atomic mass is 10.2. The summed E-state index contributed by atoms with van der Waals surface area (Å²) < 4.78 is 1.80. The van der Waals surface area contributed by atoms with E-state index in [9.17, 15) is 5.11 Å². The molecule has 2 heterocycles. The van der Waals surface area contributed by atoms with Gasteiger partial charge in [0.15, 0.2) is 6.20 Å². The maximum atomic E-state index is 9.54. The summed E-state index contributed by atoms with van der Waals surface area (Å²) in [7, 11) is 0. The number of benzene rings is 1. The van der Waals surface area contributed by atoms with Gasteiger partial charge in [0, 0.05) is 6.07 Å². The second-order valence-electron chi connectivity index (χ2n) is 3.17. The number of nitrogens with zero attached hydrogens (tertiary/aromatic N) is 1. The fraction of sp³-hybridized carbons (Fsp3) is 0. The van der Waals surface area contributed by atoms with Gasteiger partial charge in [-0.15, -0.1) is 4.40 Å². The molecule has 3 rings (SSSR count). The lowest BCUT2D eigenvalue weighted by Gasteiger charge is -1.92. The van der Waals surface area contributed by atoms with Gasteiger partial charge in [-0.05, 0) is 11.5 Å². The molecule has 1 aromatic carbocycles. The predicted octanol–water partition coefficient (Wildman–Crippen LogP) is 2.17. The third kappa shape index (κ3) is 1.35. The number of pyridine rings is 1. The second-order valence-corrected chi connectivity index (χ2v) is 4.03. The van der Waals surface area contributed by atoms with Crippen LogP contribution in [0.5, 0.6) is 5.88 Å². The van der Waals surface area contributed by atoms with Crippen molar-refractivity contribution in [2.24, 2.45) is 0 Å². The van der Waals surface area contributed by atoms with Gasteiger partial charge in [0.05, 0.1) is 5.39 Å². The van der Waals surface area contributed by atoms with Crippen LogP contribution in [0.2, 0.25) is 0 Å². The summed E-state index contributed by atoms with van der Waals surface area (Å²) in [5, 5.41) is 13.7. The van der Waals surface area contributed by atoms with Crippen molar-refractivity contribution in [1.29, 1.82) is 0 Å². The van der Waals surface area contributed by atoms with Gasteiger partial charge in [-0.1, -0.05) is 29.5 Å². The zero-order valence-electron chi connectivity index (χ0n) is 7.79. The molecule has 0 fully saturated rings. The summed E-state index contributed by atoms with van der Waals surface area (Å²) in [6.07, 6.45) is 1.89. The van der Waals surface area contributed by atoms with E-state index in [4.69, 9.17) is 0 Å². The summed E-state index contributed by atoms with van der Waals surface area (Å²) in [6, 6.07) is 10.2. The van der Waals surface area contributed by atoms with Crippen LogP contribution in [-0.2, 0) is 0 Å². The van der Waals surface area contributed by atoms with Crippen molar-refractivity contribution in [2.45, 2.75) is 0 Å². The first-order valence-electron chi connectivity index (χ1n) is 4.36. The first-order valence-corrected chi connectivity index (χ1v) is 5.24. The summed E-state index contributed by atoms with van der Waals surface area (Å²) >= 11 is 1.56. The number of hydrogen-bond acceptors (Lipinski definition) is 3. The Balaban J connectivity index is 0.000000853. The second kappa shape index (κ2) is 3.49. The molecule has 0 radical (unpaired) electrons. The highest BCUT2D eigenvalue weighted by Gasteiger charge is 2.13. The van der Waals surface area contributed by atoms with Gasteiger partial charge in [-0.2, -0.15) is 0 Å². The van der Waals surface area contributed by atoms with Gasteiger partial charge in [-0.25, -0.2) is 0 Å². The van der Waals surface area contributed by atoms with Crippen molar-refractivity contribution in [3.63, 3.8) is 0 Å². The molecule has 0 unspecified atom stereocenters. The average molecular weight is 219 g/mol. The van der Waals surface area contributed by atoms with Crippen LogP contribution in [-0.4, -0.2) is 10.6 Å². The molecule has 0 aliphatic rings. The van der Waals surface area contributed by atoms with E-state index >= 15 is 0 Å². The Hall–Kier alpha value is -1.65. The van der Waals surface area contributed by atoms with Crippen molar-refractivity contribution in [2.75, 3.05) is 0 Å². The Labute approximate surface area is 90.2 Å². The lowest BCUT2D eigenvalue weighted by Crippen LogP contribution is -2.17. The molecule has 0 spiro atoms. The van der Waals surface area contributed by atoms with Crippen LogP contribution in [0.25, 0.3) is 15.6 Å². The van der Waals surface area contributed by atoms with Crippen LogP contribution in [0.1, 0.15) is 0 Å². The molecule has 4 heteroatoms. The zero-order valence-corrected chi connectivity index (χ0v) is 8.61. The first kappa shape index (κ1) is 9.89. The van der Waals surface area contributed by atoms with Crippen molar-refractivity contribution in [3.8, 4) is 5.88 Å². The normalized spacial score (nSPS) is 10.4. The number of fused-ring (bicyclic) bond motifs is 3. The third-order valence-electron chi connectivity index (χ3n) is 2.34. The van der Waals surface area contributed by atoms with Crippen molar-refractivity contribution < 1.29 is 15.0 Å². The minimum atomic E-state index is 0. The van der Waals surface area contributed by atoms with E-state index in [0.29, 0.717) is 5.88 Å². The zero-order chi connectivity index (χ0) is 9.54. The molecular weight excluding hydrogens is 210 g/mol. The molecule has 2 N–H and O–H groups in total. The fourth-order valence-electron chi connectivity index (χ4n) is 1.66. The average Bonchev–Trinajstić information content (AvgIpc) is 2.61. The van der Waals surface area contributed by atoms with E-state index < -0.39 is 0 Å². The summed E-state index contributed by atoms with van der Waals surface area (Å²) in [4.78, 5) is 1.08. The van der Waals surface area contributed by atoms with Crippen molar-refractivity contribution >= 4 is 26.9 Å². The maximum Gasteiger partial charge on any atom is 0.382 e. The van der Waals surface area contributed by atoms with E-state index in [1.54, 1.807) is 21.1 Å². The molecule has 0 aliphatic heterocycles.